The number of aryl methyl sites for hydroxylation is 2. The molecule has 0 amide bonds. The summed E-state index contributed by atoms with van der Waals surface area (Å²) in [5.74, 6) is -0.234. The van der Waals surface area contributed by atoms with Gasteiger partial charge in [0.25, 0.3) is 0 Å². The third kappa shape index (κ3) is 2.99. The number of fused-ring (bicyclic) bond motifs is 1. The molecule has 1 unspecified atom stereocenters. The molecule has 1 aliphatic heterocycles. The second kappa shape index (κ2) is 7.01. The molecule has 162 valence electrons. The Balaban J connectivity index is 1.74. The van der Waals surface area contributed by atoms with Crippen LogP contribution in [0.15, 0.2) is 35.3 Å². The number of nitrogens with zero attached hydrogens (tertiary/aromatic N) is 1. The number of hydrogen-bond acceptors (Lipinski definition) is 4. The first-order chi connectivity index (χ1) is 14.8. The van der Waals surface area contributed by atoms with Gasteiger partial charge in [-0.3, -0.25) is 4.79 Å². The number of rotatable bonds is 3. The van der Waals surface area contributed by atoms with Gasteiger partial charge in [-0.25, -0.2) is 4.39 Å². The highest BCUT2D eigenvalue weighted by Gasteiger charge is 2.44. The summed E-state index contributed by atoms with van der Waals surface area (Å²) < 4.78 is 24.0. The van der Waals surface area contributed by atoms with E-state index in [9.17, 15) is 4.79 Å². The molecule has 1 aliphatic carbocycles. The van der Waals surface area contributed by atoms with Crippen LogP contribution >= 0.6 is 0 Å². The maximum Gasteiger partial charge on any atom is 0.194 e. The average Bonchev–Trinajstić information content (AvgIpc) is 2.84. The van der Waals surface area contributed by atoms with E-state index in [1.807, 2.05) is 44.3 Å². The fraction of sp³-hybridized carbons (Fsp3) is 0.400. The van der Waals surface area contributed by atoms with Gasteiger partial charge in [-0.1, -0.05) is 29.8 Å². The fourth-order valence-electron chi connectivity index (χ4n) is 5.13. The zero-order chi connectivity index (χ0) is 21.9. The molecule has 0 radical (unpaired) electrons. The van der Waals surface area contributed by atoms with Crippen LogP contribution in [0.5, 0.6) is 5.75 Å². The standard InChI is InChI=1S/C25H28FN3O2/c1-14-5-7-17(8-6-14)12-28-21-19(26)20(27)18-22-24(21)31-16(3)11-25(9-4-10-25)29(22)13-15(2)23(18)30/h5-8,13,16,28H,4,9-12,27H2,1-3H3. The largest absolute Gasteiger partial charge is 0.486 e. The lowest BCUT2D eigenvalue weighted by Crippen LogP contribution is -2.43. The monoisotopic (exact) mass is 421 g/mol. The molecule has 3 N–H and O–H groups in total. The topological polar surface area (TPSA) is 69.3 Å². The number of hydrogen-bond donors (Lipinski definition) is 2. The van der Waals surface area contributed by atoms with Crippen LogP contribution in [0.1, 0.15) is 49.3 Å². The molecule has 1 fully saturated rings. The van der Waals surface area contributed by atoms with Gasteiger partial charge in [-0.2, -0.15) is 0 Å². The molecule has 2 aromatic carbocycles. The van der Waals surface area contributed by atoms with Crippen LogP contribution in [0.2, 0.25) is 0 Å². The number of nitrogens with two attached hydrogens (primary N) is 1. The number of halogens is 1. The third-order valence-electron chi connectivity index (χ3n) is 6.92. The van der Waals surface area contributed by atoms with Crippen molar-refractivity contribution in [3.05, 3.63) is 63.2 Å². The van der Waals surface area contributed by atoms with E-state index >= 15 is 4.39 Å². The minimum atomic E-state index is -0.624. The van der Waals surface area contributed by atoms with Gasteiger partial charge in [0.1, 0.15) is 5.69 Å². The van der Waals surface area contributed by atoms with Crippen molar-refractivity contribution < 1.29 is 9.13 Å². The number of aromatic nitrogens is 1. The lowest BCUT2D eigenvalue weighted by Gasteiger charge is -2.44. The fourth-order valence-corrected chi connectivity index (χ4v) is 5.13. The molecule has 5 rings (SSSR count). The number of benzene rings is 2. The molecule has 1 spiro atoms. The lowest BCUT2D eigenvalue weighted by molar-refractivity contribution is 0.0836. The second-order valence-corrected chi connectivity index (χ2v) is 9.22. The van der Waals surface area contributed by atoms with E-state index in [2.05, 4.69) is 9.88 Å². The predicted octanol–water partition coefficient (Wildman–Crippen LogP) is 5.00. The Morgan fingerprint density at radius 3 is 2.61 bits per heavy atom. The molecule has 2 aliphatic rings. The summed E-state index contributed by atoms with van der Waals surface area (Å²) in [6, 6.07) is 8.07. The molecule has 6 heteroatoms. The molecular formula is C25H28FN3O2. The average molecular weight is 422 g/mol. The van der Waals surface area contributed by atoms with Crippen molar-refractivity contribution >= 4 is 22.3 Å². The van der Waals surface area contributed by atoms with E-state index in [0.29, 0.717) is 23.4 Å². The van der Waals surface area contributed by atoms with Crippen LogP contribution in [0.4, 0.5) is 15.8 Å². The van der Waals surface area contributed by atoms with Crippen molar-refractivity contribution in [3.8, 4) is 5.75 Å². The zero-order valence-corrected chi connectivity index (χ0v) is 18.2. The molecule has 1 atom stereocenters. The number of ether oxygens (including phenoxy) is 1. The Kier molecular flexibility index (Phi) is 4.50. The molecular weight excluding hydrogens is 393 g/mol. The van der Waals surface area contributed by atoms with Gasteiger partial charge in [0.2, 0.25) is 0 Å². The Morgan fingerprint density at radius 2 is 1.97 bits per heavy atom. The highest BCUT2D eigenvalue weighted by atomic mass is 19.1. The predicted molar refractivity (Wildman–Crippen MR) is 122 cm³/mol. The van der Waals surface area contributed by atoms with Crippen molar-refractivity contribution in [3.63, 3.8) is 0 Å². The summed E-state index contributed by atoms with van der Waals surface area (Å²) in [7, 11) is 0. The SMILES string of the molecule is Cc1ccc(CNc2c(F)c(N)c3c(=O)c(C)cn4c3c2OC(C)CC42CCC2)cc1. The molecule has 0 bridgehead atoms. The maximum atomic E-state index is 15.5. The Hall–Kier alpha value is -3.02. The molecule has 3 aromatic rings. The van der Waals surface area contributed by atoms with Crippen LogP contribution in [-0.4, -0.2) is 10.7 Å². The first-order valence-electron chi connectivity index (χ1n) is 10.9. The zero-order valence-electron chi connectivity index (χ0n) is 18.2. The van der Waals surface area contributed by atoms with Crippen molar-refractivity contribution in [2.75, 3.05) is 11.1 Å². The van der Waals surface area contributed by atoms with Gasteiger partial charge >= 0.3 is 0 Å². The van der Waals surface area contributed by atoms with Crippen molar-refractivity contribution in [1.82, 2.24) is 4.57 Å². The number of nitrogens with one attached hydrogen (secondary N) is 1. The van der Waals surface area contributed by atoms with Crippen LogP contribution in [0.3, 0.4) is 0 Å². The summed E-state index contributed by atoms with van der Waals surface area (Å²) in [6.07, 6.45) is 5.78. The van der Waals surface area contributed by atoms with Crippen LogP contribution in [-0.2, 0) is 12.1 Å². The van der Waals surface area contributed by atoms with Crippen molar-refractivity contribution in [2.24, 2.45) is 0 Å². The Bertz CT molecular complexity index is 1240. The number of nitrogen functional groups attached to an aromatic ring is 1. The maximum absolute atomic E-state index is 15.5. The number of pyridine rings is 1. The molecule has 0 saturated heterocycles. The summed E-state index contributed by atoms with van der Waals surface area (Å²) in [5.41, 5.74) is 9.39. The van der Waals surface area contributed by atoms with E-state index in [0.717, 1.165) is 31.2 Å². The highest BCUT2D eigenvalue weighted by molar-refractivity contribution is 6.00. The van der Waals surface area contributed by atoms with Gasteiger partial charge in [-0.15, -0.1) is 0 Å². The quantitative estimate of drug-likeness (QED) is 0.584. The smallest absolute Gasteiger partial charge is 0.194 e. The molecule has 1 aromatic heterocycles. The van der Waals surface area contributed by atoms with E-state index in [4.69, 9.17) is 10.5 Å². The molecule has 31 heavy (non-hydrogen) atoms. The highest BCUT2D eigenvalue weighted by Crippen LogP contribution is 2.51. The normalized spacial score (nSPS) is 19.0. The van der Waals surface area contributed by atoms with Gasteiger partial charge in [-0.05, 0) is 45.6 Å². The Morgan fingerprint density at radius 1 is 1.26 bits per heavy atom. The van der Waals surface area contributed by atoms with E-state index < -0.39 is 5.82 Å². The van der Waals surface area contributed by atoms with E-state index in [1.54, 1.807) is 6.92 Å². The van der Waals surface area contributed by atoms with Crippen molar-refractivity contribution in [1.29, 1.82) is 0 Å². The van der Waals surface area contributed by atoms with Crippen LogP contribution in [0, 0.1) is 19.7 Å². The van der Waals surface area contributed by atoms with Crippen molar-refractivity contribution in [2.45, 2.75) is 64.6 Å². The van der Waals surface area contributed by atoms with E-state index in [-0.39, 0.29) is 33.8 Å². The minimum absolute atomic E-state index is 0.109. The Labute approximate surface area is 181 Å². The summed E-state index contributed by atoms with van der Waals surface area (Å²) in [6.45, 7) is 6.24. The third-order valence-corrected chi connectivity index (χ3v) is 6.92. The summed E-state index contributed by atoms with van der Waals surface area (Å²) >= 11 is 0. The van der Waals surface area contributed by atoms with Crippen LogP contribution in [0.25, 0.3) is 10.9 Å². The first-order valence-corrected chi connectivity index (χ1v) is 10.9. The minimum Gasteiger partial charge on any atom is -0.486 e. The van der Waals surface area contributed by atoms with Gasteiger partial charge in [0.05, 0.1) is 22.7 Å². The second-order valence-electron chi connectivity index (χ2n) is 9.22. The molecule has 2 heterocycles. The van der Waals surface area contributed by atoms with E-state index in [1.165, 1.54) is 5.56 Å². The lowest BCUT2D eigenvalue weighted by atomic mass is 9.72. The van der Waals surface area contributed by atoms with Gasteiger partial charge < -0.3 is 20.4 Å². The summed E-state index contributed by atoms with van der Waals surface area (Å²) in [5, 5.41) is 3.44. The van der Waals surface area contributed by atoms with Gasteiger partial charge in [0.15, 0.2) is 17.0 Å². The first kappa shape index (κ1) is 19.9. The molecule has 1 saturated carbocycles. The number of anilines is 2. The van der Waals surface area contributed by atoms with Gasteiger partial charge in [0, 0.05) is 30.3 Å². The summed E-state index contributed by atoms with van der Waals surface area (Å²) in [4.78, 5) is 13.0. The molecule has 5 nitrogen and oxygen atoms in total. The van der Waals surface area contributed by atoms with Crippen LogP contribution < -0.4 is 21.2 Å².